The molecule has 0 bridgehead atoms. The number of fused-ring (bicyclic) bond motifs is 1. The number of anilines is 1. The molecular formula is C31H34ClF2N7. The van der Waals surface area contributed by atoms with Crippen LogP contribution in [0.2, 0.25) is 5.02 Å². The van der Waals surface area contributed by atoms with Gasteiger partial charge < -0.3 is 4.90 Å². The molecule has 0 spiro atoms. The van der Waals surface area contributed by atoms with Gasteiger partial charge in [-0.3, -0.25) is 9.80 Å². The normalized spacial score (nSPS) is 18.6. The van der Waals surface area contributed by atoms with E-state index < -0.39 is 5.82 Å². The van der Waals surface area contributed by atoms with E-state index in [0.717, 1.165) is 45.0 Å². The summed E-state index contributed by atoms with van der Waals surface area (Å²) < 4.78 is 30.2. The minimum atomic E-state index is -0.528. The summed E-state index contributed by atoms with van der Waals surface area (Å²) in [5.41, 5.74) is 3.93. The van der Waals surface area contributed by atoms with E-state index in [4.69, 9.17) is 16.6 Å². The number of rotatable bonds is 5. The summed E-state index contributed by atoms with van der Waals surface area (Å²) in [5, 5.41) is 0.281. The Morgan fingerprint density at radius 2 is 1.63 bits per heavy atom. The van der Waals surface area contributed by atoms with E-state index in [9.17, 15) is 0 Å². The number of benzene rings is 2. The predicted octanol–water partition coefficient (Wildman–Crippen LogP) is 5.91. The van der Waals surface area contributed by atoms with Crippen molar-refractivity contribution in [2.45, 2.75) is 46.2 Å². The molecule has 7 nitrogen and oxygen atoms in total. The van der Waals surface area contributed by atoms with Gasteiger partial charge in [-0.15, -0.1) is 0 Å². The topological polar surface area (TPSA) is 61.3 Å². The molecule has 10 heteroatoms. The van der Waals surface area contributed by atoms with Crippen molar-refractivity contribution in [3.05, 3.63) is 64.4 Å². The van der Waals surface area contributed by atoms with Crippen molar-refractivity contribution < 1.29 is 8.78 Å². The Morgan fingerprint density at radius 1 is 0.878 bits per heavy atom. The van der Waals surface area contributed by atoms with Gasteiger partial charge in [-0.2, -0.15) is 0 Å². The number of aryl methyl sites for hydroxylation is 2. The molecule has 4 aromatic rings. The van der Waals surface area contributed by atoms with Crippen molar-refractivity contribution in [2.24, 2.45) is 0 Å². The molecule has 1 unspecified atom stereocenters. The lowest BCUT2D eigenvalue weighted by molar-refractivity contribution is 0.174. The molecule has 2 fully saturated rings. The highest BCUT2D eigenvalue weighted by atomic mass is 35.5. The van der Waals surface area contributed by atoms with Crippen LogP contribution in [0.3, 0.4) is 0 Å². The monoisotopic (exact) mass is 577 g/mol. The van der Waals surface area contributed by atoms with E-state index in [2.05, 4.69) is 43.5 Å². The number of halogens is 3. The highest BCUT2D eigenvalue weighted by Crippen LogP contribution is 2.33. The molecular weight excluding hydrogens is 544 g/mol. The number of likely N-dealkylation sites (tertiary alicyclic amines) is 1. The third-order valence-electron chi connectivity index (χ3n) is 8.39. The Labute approximate surface area is 244 Å². The van der Waals surface area contributed by atoms with Gasteiger partial charge in [0.05, 0.1) is 11.4 Å². The zero-order valence-electron chi connectivity index (χ0n) is 23.8. The minimum absolute atomic E-state index is 0.233. The molecule has 0 radical (unpaired) electrons. The SMILES string of the molecule is Cc1nc2nc(-c3cc(F)cc(N4CCN(C5CCN(C(C)C)C5)CC4)c3)nc(-c3ccc(Cl)cc3F)c2nc1C. The van der Waals surface area contributed by atoms with Gasteiger partial charge in [0.15, 0.2) is 11.5 Å². The lowest BCUT2D eigenvalue weighted by Gasteiger charge is -2.39. The molecule has 2 saturated heterocycles. The molecule has 2 aromatic heterocycles. The summed E-state index contributed by atoms with van der Waals surface area (Å²) in [7, 11) is 0. The second kappa shape index (κ2) is 11.2. The van der Waals surface area contributed by atoms with Crippen LogP contribution < -0.4 is 4.90 Å². The highest BCUT2D eigenvalue weighted by Gasteiger charge is 2.31. The van der Waals surface area contributed by atoms with Crippen LogP contribution in [0.25, 0.3) is 33.8 Å². The van der Waals surface area contributed by atoms with Crippen LogP contribution in [0, 0.1) is 25.5 Å². The Balaban J connectivity index is 1.33. The fourth-order valence-corrected chi connectivity index (χ4v) is 6.04. The van der Waals surface area contributed by atoms with Crippen LogP contribution in [0.15, 0.2) is 36.4 Å². The van der Waals surface area contributed by atoms with Gasteiger partial charge in [-0.05, 0) is 70.5 Å². The second-order valence-corrected chi connectivity index (χ2v) is 11.8. The lowest BCUT2D eigenvalue weighted by atomic mass is 10.1. The van der Waals surface area contributed by atoms with Gasteiger partial charge in [0, 0.05) is 73.2 Å². The maximum absolute atomic E-state index is 15.1. The Hall–Kier alpha value is -3.27. The molecule has 4 heterocycles. The molecule has 214 valence electrons. The summed E-state index contributed by atoms with van der Waals surface area (Å²) in [4.78, 5) is 26.0. The van der Waals surface area contributed by atoms with Crippen LogP contribution >= 0.6 is 11.6 Å². The zero-order valence-corrected chi connectivity index (χ0v) is 24.6. The predicted molar refractivity (Wildman–Crippen MR) is 159 cm³/mol. The molecule has 1 atom stereocenters. The molecule has 0 aliphatic carbocycles. The van der Waals surface area contributed by atoms with Crippen molar-refractivity contribution in [2.75, 3.05) is 44.2 Å². The number of nitrogens with zero attached hydrogens (tertiary/aromatic N) is 7. The van der Waals surface area contributed by atoms with Crippen LogP contribution in [-0.2, 0) is 0 Å². The summed E-state index contributed by atoms with van der Waals surface area (Å²) in [5.74, 6) is -0.643. The lowest BCUT2D eigenvalue weighted by Crippen LogP contribution is -2.51. The molecule has 0 N–H and O–H groups in total. The van der Waals surface area contributed by atoms with E-state index in [-0.39, 0.29) is 22.2 Å². The number of hydrogen-bond acceptors (Lipinski definition) is 7. The second-order valence-electron chi connectivity index (χ2n) is 11.3. The Bertz CT molecular complexity index is 1600. The quantitative estimate of drug-likeness (QED) is 0.292. The summed E-state index contributed by atoms with van der Waals surface area (Å²) >= 11 is 6.02. The van der Waals surface area contributed by atoms with E-state index in [1.165, 1.54) is 18.6 Å². The largest absolute Gasteiger partial charge is 0.369 e. The van der Waals surface area contributed by atoms with Gasteiger partial charge in [-0.1, -0.05) is 11.6 Å². The van der Waals surface area contributed by atoms with Crippen LogP contribution in [0.1, 0.15) is 31.7 Å². The van der Waals surface area contributed by atoms with Gasteiger partial charge in [-0.25, -0.2) is 28.7 Å². The summed E-state index contributed by atoms with van der Waals surface area (Å²) in [6.07, 6.45) is 1.19. The first-order valence-corrected chi connectivity index (χ1v) is 14.6. The van der Waals surface area contributed by atoms with Crippen LogP contribution in [-0.4, -0.2) is 81.1 Å². The average molecular weight is 578 g/mol. The highest BCUT2D eigenvalue weighted by molar-refractivity contribution is 6.30. The van der Waals surface area contributed by atoms with E-state index >= 15 is 8.78 Å². The molecule has 0 saturated carbocycles. The number of hydrogen-bond donors (Lipinski definition) is 0. The third-order valence-corrected chi connectivity index (χ3v) is 8.63. The van der Waals surface area contributed by atoms with Crippen molar-refractivity contribution in [3.8, 4) is 22.6 Å². The first kappa shape index (κ1) is 27.9. The molecule has 2 aliphatic heterocycles. The first-order chi connectivity index (χ1) is 19.7. The first-order valence-electron chi connectivity index (χ1n) is 14.2. The molecule has 0 amide bonds. The maximum Gasteiger partial charge on any atom is 0.182 e. The van der Waals surface area contributed by atoms with Crippen molar-refractivity contribution >= 4 is 28.5 Å². The van der Waals surface area contributed by atoms with Crippen molar-refractivity contribution in [1.82, 2.24) is 29.7 Å². The Morgan fingerprint density at radius 3 is 2.34 bits per heavy atom. The smallest absolute Gasteiger partial charge is 0.182 e. The van der Waals surface area contributed by atoms with E-state index in [0.29, 0.717) is 45.9 Å². The summed E-state index contributed by atoms with van der Waals surface area (Å²) in [6, 6.07) is 10.4. The summed E-state index contributed by atoms with van der Waals surface area (Å²) in [6.45, 7) is 13.9. The fraction of sp³-hybridized carbons (Fsp3) is 0.419. The van der Waals surface area contributed by atoms with Crippen LogP contribution in [0.4, 0.5) is 14.5 Å². The number of piperazine rings is 1. The average Bonchev–Trinajstić information content (AvgIpc) is 3.44. The van der Waals surface area contributed by atoms with Crippen molar-refractivity contribution in [3.63, 3.8) is 0 Å². The van der Waals surface area contributed by atoms with Gasteiger partial charge in [0.1, 0.15) is 22.8 Å². The standard InChI is InChI=1S/C31H34ClF2N7/c1-18(2)41-8-7-24(17-41)39-9-11-40(12-10-39)25-14-21(13-23(33)16-25)30-37-28(26-6-5-22(32)15-27(26)34)29-31(38-30)36-20(4)19(3)35-29/h5-6,13-16,18,24H,7-12,17H2,1-4H3. The zero-order chi connectivity index (χ0) is 28.8. The van der Waals surface area contributed by atoms with Gasteiger partial charge in [0.25, 0.3) is 0 Å². The molecule has 2 aromatic carbocycles. The minimum Gasteiger partial charge on any atom is -0.369 e. The fourth-order valence-electron chi connectivity index (χ4n) is 5.88. The van der Waals surface area contributed by atoms with Gasteiger partial charge >= 0.3 is 0 Å². The van der Waals surface area contributed by atoms with E-state index in [1.54, 1.807) is 18.2 Å². The number of aromatic nitrogens is 4. The third kappa shape index (κ3) is 5.63. The van der Waals surface area contributed by atoms with E-state index in [1.807, 2.05) is 19.9 Å². The molecule has 41 heavy (non-hydrogen) atoms. The van der Waals surface area contributed by atoms with Crippen molar-refractivity contribution in [1.29, 1.82) is 0 Å². The van der Waals surface area contributed by atoms with Gasteiger partial charge in [0.2, 0.25) is 0 Å². The molecule has 2 aliphatic rings. The maximum atomic E-state index is 15.1. The Kier molecular flexibility index (Phi) is 7.61. The van der Waals surface area contributed by atoms with Crippen LogP contribution in [0.5, 0.6) is 0 Å². The molecule has 6 rings (SSSR count).